The highest BCUT2D eigenvalue weighted by Gasteiger charge is 2.61. The summed E-state index contributed by atoms with van der Waals surface area (Å²) < 4.78 is 18.5. The Kier molecular flexibility index (Phi) is 4.83. The van der Waals surface area contributed by atoms with E-state index < -0.39 is 20.6 Å². The molecular weight excluding hydrogens is 424 g/mol. The molecule has 6 nitrogen and oxygen atoms in total. The van der Waals surface area contributed by atoms with Crippen molar-refractivity contribution in [3.05, 3.63) is 0 Å². The number of esters is 2. The molecule has 1 saturated carbocycles. The average molecular weight is 442 g/mol. The van der Waals surface area contributed by atoms with E-state index in [1.165, 1.54) is 0 Å². The molecule has 0 N–H and O–H groups in total. The molecule has 2 saturated heterocycles. The number of hydrogen-bond acceptors (Lipinski definition) is 6. The van der Waals surface area contributed by atoms with Gasteiger partial charge in [-0.2, -0.15) is 0 Å². The molecule has 3 aliphatic rings. The van der Waals surface area contributed by atoms with Gasteiger partial charge in [0.2, 0.25) is 0 Å². The van der Waals surface area contributed by atoms with Crippen LogP contribution in [-0.4, -0.2) is 59.2 Å². The molecule has 124 valence electrons. The van der Waals surface area contributed by atoms with Crippen molar-refractivity contribution in [3.8, 4) is 0 Å². The maximum absolute atomic E-state index is 12.5. The van der Waals surface area contributed by atoms with E-state index >= 15 is 0 Å². The fourth-order valence-corrected chi connectivity index (χ4v) is 4.07. The Hall–Kier alpha value is -0.180. The van der Waals surface area contributed by atoms with E-state index in [9.17, 15) is 9.59 Å². The molecular formula is C14H18Br2O6. The standard InChI is InChI=1S/C14H18Br2O6/c15-13(11(17)21-7-9-5-19-9)3-1-2-4-14(13,16)12(18)22-8-10-6-20-10/h9-10H,1-8H2. The molecule has 0 aromatic carbocycles. The highest BCUT2D eigenvalue weighted by atomic mass is 79.9. The molecule has 4 unspecified atom stereocenters. The summed E-state index contributed by atoms with van der Waals surface area (Å²) >= 11 is 6.97. The van der Waals surface area contributed by atoms with Crippen LogP contribution >= 0.6 is 31.9 Å². The number of hydrogen-bond donors (Lipinski definition) is 0. The van der Waals surface area contributed by atoms with Gasteiger partial charge in [-0.25, -0.2) is 0 Å². The summed E-state index contributed by atoms with van der Waals surface area (Å²) in [5.41, 5.74) is 0. The first-order chi connectivity index (χ1) is 10.5. The number of carbonyl (C=O) groups excluding carboxylic acids is 2. The molecule has 2 heterocycles. The van der Waals surface area contributed by atoms with Gasteiger partial charge in [-0.05, 0) is 12.8 Å². The number of ether oxygens (including phenoxy) is 4. The lowest BCUT2D eigenvalue weighted by atomic mass is 9.78. The highest BCUT2D eigenvalue weighted by Crippen LogP contribution is 2.51. The first kappa shape index (κ1) is 16.7. The average Bonchev–Trinajstić information content (AvgIpc) is 3.38. The van der Waals surface area contributed by atoms with E-state index in [1.54, 1.807) is 0 Å². The first-order valence-electron chi connectivity index (χ1n) is 7.41. The summed E-state index contributed by atoms with van der Waals surface area (Å²) in [7, 11) is 0. The predicted octanol–water partition coefficient (Wildman–Crippen LogP) is 1.71. The molecule has 1 aliphatic carbocycles. The Balaban J connectivity index is 1.68. The van der Waals surface area contributed by atoms with Crippen molar-refractivity contribution < 1.29 is 28.5 Å². The third-order valence-electron chi connectivity index (χ3n) is 4.17. The maximum atomic E-state index is 12.5. The fraction of sp³-hybridized carbons (Fsp3) is 0.857. The van der Waals surface area contributed by atoms with Crippen LogP contribution in [0.5, 0.6) is 0 Å². The molecule has 0 spiro atoms. The van der Waals surface area contributed by atoms with Gasteiger partial charge in [0, 0.05) is 0 Å². The van der Waals surface area contributed by atoms with Crippen LogP contribution in [0.4, 0.5) is 0 Å². The van der Waals surface area contributed by atoms with Gasteiger partial charge in [-0.1, -0.05) is 44.7 Å². The Bertz CT molecular complexity index is 422. The highest BCUT2D eigenvalue weighted by molar-refractivity contribution is 9.13. The fourth-order valence-electron chi connectivity index (χ4n) is 2.56. The van der Waals surface area contributed by atoms with Crippen LogP contribution in [0.1, 0.15) is 25.7 Å². The van der Waals surface area contributed by atoms with Crippen molar-refractivity contribution in [2.24, 2.45) is 0 Å². The molecule has 3 rings (SSSR count). The van der Waals surface area contributed by atoms with Crippen molar-refractivity contribution >= 4 is 43.8 Å². The topological polar surface area (TPSA) is 77.7 Å². The lowest BCUT2D eigenvalue weighted by Gasteiger charge is -2.42. The van der Waals surface area contributed by atoms with E-state index in [-0.39, 0.29) is 25.4 Å². The smallest absolute Gasteiger partial charge is 0.325 e. The number of epoxide rings is 2. The summed E-state index contributed by atoms with van der Waals surface area (Å²) in [4.78, 5) is 25.1. The second kappa shape index (κ2) is 6.37. The van der Waals surface area contributed by atoms with Crippen LogP contribution in [0.15, 0.2) is 0 Å². The molecule has 0 aromatic rings. The minimum atomic E-state index is -1.12. The zero-order chi connectivity index (χ0) is 15.8. The molecule has 0 radical (unpaired) electrons. The van der Waals surface area contributed by atoms with Crippen LogP contribution in [0, 0.1) is 0 Å². The molecule has 2 aliphatic heterocycles. The van der Waals surface area contributed by atoms with Crippen LogP contribution in [0.2, 0.25) is 0 Å². The Morgan fingerprint density at radius 3 is 1.59 bits per heavy atom. The summed E-state index contributed by atoms with van der Waals surface area (Å²) in [6, 6.07) is 0. The van der Waals surface area contributed by atoms with E-state index in [4.69, 9.17) is 18.9 Å². The van der Waals surface area contributed by atoms with Crippen molar-refractivity contribution in [1.82, 2.24) is 0 Å². The van der Waals surface area contributed by atoms with E-state index in [2.05, 4.69) is 31.9 Å². The molecule has 0 amide bonds. The molecule has 8 heteroatoms. The lowest BCUT2D eigenvalue weighted by Crippen LogP contribution is -2.59. The first-order valence-corrected chi connectivity index (χ1v) is 9.00. The lowest BCUT2D eigenvalue weighted by molar-refractivity contribution is -0.157. The van der Waals surface area contributed by atoms with Crippen LogP contribution in [0.3, 0.4) is 0 Å². The van der Waals surface area contributed by atoms with E-state index in [0.29, 0.717) is 26.1 Å². The van der Waals surface area contributed by atoms with Crippen LogP contribution < -0.4 is 0 Å². The van der Waals surface area contributed by atoms with Crippen molar-refractivity contribution in [3.63, 3.8) is 0 Å². The predicted molar refractivity (Wildman–Crippen MR) is 83.2 cm³/mol. The van der Waals surface area contributed by atoms with Gasteiger partial charge in [-0.15, -0.1) is 0 Å². The largest absolute Gasteiger partial charge is 0.462 e. The maximum Gasteiger partial charge on any atom is 0.325 e. The minimum absolute atomic E-state index is 0.00710. The normalized spacial score (nSPS) is 39.9. The van der Waals surface area contributed by atoms with E-state index in [1.807, 2.05) is 0 Å². The summed E-state index contributed by atoms with van der Waals surface area (Å²) in [6.07, 6.45) is 2.69. The number of alkyl halides is 2. The molecule has 0 bridgehead atoms. The van der Waals surface area contributed by atoms with Gasteiger partial charge in [-0.3, -0.25) is 9.59 Å². The van der Waals surface area contributed by atoms with Gasteiger partial charge in [0.1, 0.15) is 34.1 Å². The van der Waals surface area contributed by atoms with Crippen molar-refractivity contribution in [1.29, 1.82) is 0 Å². The van der Waals surface area contributed by atoms with Crippen LogP contribution in [0.25, 0.3) is 0 Å². The van der Waals surface area contributed by atoms with Crippen molar-refractivity contribution in [2.45, 2.75) is 46.5 Å². The quantitative estimate of drug-likeness (QED) is 0.354. The number of rotatable bonds is 6. The van der Waals surface area contributed by atoms with Crippen LogP contribution in [-0.2, 0) is 28.5 Å². The van der Waals surface area contributed by atoms with Gasteiger partial charge in [0.25, 0.3) is 0 Å². The zero-order valence-electron chi connectivity index (χ0n) is 12.0. The number of halogens is 2. The minimum Gasteiger partial charge on any atom is -0.462 e. The molecule has 3 fully saturated rings. The van der Waals surface area contributed by atoms with Gasteiger partial charge < -0.3 is 18.9 Å². The Morgan fingerprint density at radius 2 is 1.27 bits per heavy atom. The summed E-state index contributed by atoms with van der Waals surface area (Å²) in [5.74, 6) is -0.890. The second-order valence-electron chi connectivity index (χ2n) is 5.92. The summed E-state index contributed by atoms with van der Waals surface area (Å²) in [6.45, 7) is 1.68. The van der Waals surface area contributed by atoms with Gasteiger partial charge >= 0.3 is 11.9 Å². The van der Waals surface area contributed by atoms with E-state index in [0.717, 1.165) is 12.8 Å². The second-order valence-corrected chi connectivity index (χ2v) is 8.62. The SMILES string of the molecule is O=C(OCC1CO1)C1(Br)CCCCC1(Br)C(=O)OCC1CO1. The van der Waals surface area contributed by atoms with Crippen molar-refractivity contribution in [2.75, 3.05) is 26.4 Å². The monoisotopic (exact) mass is 440 g/mol. The summed E-state index contributed by atoms with van der Waals surface area (Å²) in [5, 5.41) is 0. The third kappa shape index (κ3) is 3.34. The molecule has 4 atom stereocenters. The molecule has 22 heavy (non-hydrogen) atoms. The number of carbonyl (C=O) groups is 2. The van der Waals surface area contributed by atoms with Gasteiger partial charge in [0.15, 0.2) is 0 Å². The zero-order valence-corrected chi connectivity index (χ0v) is 15.2. The van der Waals surface area contributed by atoms with Gasteiger partial charge in [0.05, 0.1) is 13.2 Å². The third-order valence-corrected chi connectivity index (χ3v) is 7.50. The Morgan fingerprint density at radius 1 is 0.909 bits per heavy atom. The Labute approximate surface area is 145 Å². The molecule has 0 aromatic heterocycles.